The zero-order chi connectivity index (χ0) is 11.1. The quantitative estimate of drug-likeness (QED) is 0.591. The normalized spacial score (nSPS) is 16.6. The minimum atomic E-state index is 0.827. The summed E-state index contributed by atoms with van der Waals surface area (Å²) in [4.78, 5) is 2.66. The van der Waals surface area contributed by atoms with E-state index in [0.29, 0.717) is 0 Å². The van der Waals surface area contributed by atoms with Gasteiger partial charge in [-0.1, -0.05) is 20.8 Å². The van der Waals surface area contributed by atoms with E-state index in [9.17, 15) is 0 Å². The Balaban J connectivity index is 1.96. The monoisotopic (exact) mass is 212 g/mol. The molecule has 0 aliphatic heterocycles. The molecule has 1 aliphatic carbocycles. The van der Waals surface area contributed by atoms with Gasteiger partial charge in [-0.3, -0.25) is 4.90 Å². The SMILES string of the molecule is CCCN(CCNCCC(C)C)C1CC1. The second-order valence-corrected chi connectivity index (χ2v) is 5.20. The average molecular weight is 212 g/mol. The highest BCUT2D eigenvalue weighted by molar-refractivity contribution is 4.84. The summed E-state index contributed by atoms with van der Waals surface area (Å²) in [5.41, 5.74) is 0. The largest absolute Gasteiger partial charge is 0.315 e. The Bertz CT molecular complexity index is 153. The van der Waals surface area contributed by atoms with Gasteiger partial charge in [-0.15, -0.1) is 0 Å². The predicted octanol–water partition coefficient (Wildman–Crippen LogP) is 2.50. The number of nitrogens with zero attached hydrogens (tertiary/aromatic N) is 1. The van der Waals surface area contributed by atoms with E-state index in [1.165, 1.54) is 51.9 Å². The van der Waals surface area contributed by atoms with Crippen LogP contribution in [0.4, 0.5) is 0 Å². The van der Waals surface area contributed by atoms with Gasteiger partial charge in [0, 0.05) is 19.1 Å². The standard InChI is InChI=1S/C13H28N2/c1-4-10-15(13-5-6-13)11-9-14-8-7-12(2)3/h12-14H,4-11H2,1-3H3. The Morgan fingerprint density at radius 2 is 1.93 bits per heavy atom. The van der Waals surface area contributed by atoms with Crippen LogP contribution in [0.1, 0.15) is 46.5 Å². The zero-order valence-corrected chi connectivity index (χ0v) is 10.8. The van der Waals surface area contributed by atoms with Crippen LogP contribution < -0.4 is 5.32 Å². The Morgan fingerprint density at radius 1 is 1.20 bits per heavy atom. The lowest BCUT2D eigenvalue weighted by Crippen LogP contribution is -2.34. The molecule has 2 nitrogen and oxygen atoms in total. The van der Waals surface area contributed by atoms with E-state index in [1.807, 2.05) is 0 Å². The molecule has 1 aliphatic rings. The van der Waals surface area contributed by atoms with Gasteiger partial charge >= 0.3 is 0 Å². The van der Waals surface area contributed by atoms with Crippen LogP contribution in [0.5, 0.6) is 0 Å². The van der Waals surface area contributed by atoms with E-state index < -0.39 is 0 Å². The van der Waals surface area contributed by atoms with Gasteiger partial charge in [-0.2, -0.15) is 0 Å². The summed E-state index contributed by atoms with van der Waals surface area (Å²) < 4.78 is 0. The van der Waals surface area contributed by atoms with Crippen molar-refractivity contribution in [1.29, 1.82) is 0 Å². The third-order valence-electron chi connectivity index (χ3n) is 3.05. The van der Waals surface area contributed by atoms with Crippen molar-refractivity contribution in [2.45, 2.75) is 52.5 Å². The minimum Gasteiger partial charge on any atom is -0.315 e. The van der Waals surface area contributed by atoms with Crippen molar-refractivity contribution in [2.24, 2.45) is 5.92 Å². The van der Waals surface area contributed by atoms with Gasteiger partial charge in [0.25, 0.3) is 0 Å². The highest BCUT2D eigenvalue weighted by Gasteiger charge is 2.27. The molecular weight excluding hydrogens is 184 g/mol. The van der Waals surface area contributed by atoms with Crippen LogP contribution in [0.2, 0.25) is 0 Å². The van der Waals surface area contributed by atoms with Crippen molar-refractivity contribution in [3.05, 3.63) is 0 Å². The van der Waals surface area contributed by atoms with E-state index in [0.717, 1.165) is 12.0 Å². The highest BCUT2D eigenvalue weighted by Crippen LogP contribution is 2.26. The fraction of sp³-hybridized carbons (Fsp3) is 1.00. The smallest absolute Gasteiger partial charge is 0.0110 e. The zero-order valence-electron chi connectivity index (χ0n) is 10.8. The molecule has 0 aromatic rings. The van der Waals surface area contributed by atoms with Crippen LogP contribution >= 0.6 is 0 Å². The molecule has 0 unspecified atom stereocenters. The maximum absolute atomic E-state index is 3.55. The first-order valence-electron chi connectivity index (χ1n) is 6.68. The summed E-state index contributed by atoms with van der Waals surface area (Å²) in [5.74, 6) is 0.827. The van der Waals surface area contributed by atoms with Crippen molar-refractivity contribution in [2.75, 3.05) is 26.2 Å². The molecule has 0 saturated heterocycles. The van der Waals surface area contributed by atoms with Crippen molar-refractivity contribution < 1.29 is 0 Å². The molecule has 0 spiro atoms. The molecule has 0 amide bonds. The predicted molar refractivity (Wildman–Crippen MR) is 67.2 cm³/mol. The summed E-state index contributed by atoms with van der Waals surface area (Å²) in [5, 5.41) is 3.55. The maximum Gasteiger partial charge on any atom is 0.0110 e. The summed E-state index contributed by atoms with van der Waals surface area (Å²) in [6.07, 6.45) is 5.47. The van der Waals surface area contributed by atoms with Gasteiger partial charge in [0.05, 0.1) is 0 Å². The number of nitrogens with one attached hydrogen (secondary N) is 1. The second kappa shape index (κ2) is 7.24. The summed E-state index contributed by atoms with van der Waals surface area (Å²) in [6, 6.07) is 0.928. The van der Waals surface area contributed by atoms with Gasteiger partial charge in [-0.25, -0.2) is 0 Å². The molecule has 0 aromatic heterocycles. The van der Waals surface area contributed by atoms with E-state index in [2.05, 4.69) is 31.0 Å². The van der Waals surface area contributed by atoms with E-state index >= 15 is 0 Å². The van der Waals surface area contributed by atoms with Crippen molar-refractivity contribution in [3.63, 3.8) is 0 Å². The van der Waals surface area contributed by atoms with Gasteiger partial charge in [0.2, 0.25) is 0 Å². The van der Waals surface area contributed by atoms with E-state index in [1.54, 1.807) is 0 Å². The second-order valence-electron chi connectivity index (χ2n) is 5.20. The first-order valence-corrected chi connectivity index (χ1v) is 6.68. The molecule has 0 heterocycles. The third-order valence-corrected chi connectivity index (χ3v) is 3.05. The molecule has 15 heavy (non-hydrogen) atoms. The number of rotatable bonds is 9. The van der Waals surface area contributed by atoms with Crippen LogP contribution in [-0.4, -0.2) is 37.1 Å². The molecule has 90 valence electrons. The Hall–Kier alpha value is -0.0800. The molecule has 0 bridgehead atoms. The summed E-state index contributed by atoms with van der Waals surface area (Å²) >= 11 is 0. The van der Waals surface area contributed by atoms with Crippen LogP contribution in [0.3, 0.4) is 0 Å². The molecule has 2 heteroatoms. The minimum absolute atomic E-state index is 0.827. The van der Waals surface area contributed by atoms with Crippen LogP contribution in [0.15, 0.2) is 0 Å². The molecule has 0 atom stereocenters. The Morgan fingerprint density at radius 3 is 2.47 bits per heavy atom. The molecule has 0 radical (unpaired) electrons. The van der Waals surface area contributed by atoms with Crippen molar-refractivity contribution >= 4 is 0 Å². The Kier molecular flexibility index (Phi) is 6.26. The van der Waals surface area contributed by atoms with Crippen molar-refractivity contribution in [3.8, 4) is 0 Å². The fourth-order valence-corrected chi connectivity index (χ4v) is 1.94. The van der Waals surface area contributed by atoms with Crippen molar-refractivity contribution in [1.82, 2.24) is 10.2 Å². The summed E-state index contributed by atoms with van der Waals surface area (Å²) in [7, 11) is 0. The lowest BCUT2D eigenvalue weighted by atomic mass is 10.1. The Labute approximate surface area is 95.4 Å². The maximum atomic E-state index is 3.55. The molecular formula is C13H28N2. The fourth-order valence-electron chi connectivity index (χ4n) is 1.94. The third kappa shape index (κ3) is 6.16. The molecule has 1 N–H and O–H groups in total. The van der Waals surface area contributed by atoms with Crippen LogP contribution in [-0.2, 0) is 0 Å². The summed E-state index contributed by atoms with van der Waals surface area (Å²) in [6.45, 7) is 11.7. The van der Waals surface area contributed by atoms with E-state index in [-0.39, 0.29) is 0 Å². The van der Waals surface area contributed by atoms with Crippen LogP contribution in [0.25, 0.3) is 0 Å². The van der Waals surface area contributed by atoms with E-state index in [4.69, 9.17) is 0 Å². The average Bonchev–Trinajstić information content (AvgIpc) is 2.98. The first-order chi connectivity index (χ1) is 7.24. The van der Waals surface area contributed by atoms with Crippen LogP contribution in [0, 0.1) is 5.92 Å². The number of hydrogen-bond acceptors (Lipinski definition) is 2. The van der Waals surface area contributed by atoms with Gasteiger partial charge in [-0.05, 0) is 44.7 Å². The topological polar surface area (TPSA) is 15.3 Å². The lowest BCUT2D eigenvalue weighted by Gasteiger charge is -2.21. The lowest BCUT2D eigenvalue weighted by molar-refractivity contribution is 0.263. The van der Waals surface area contributed by atoms with Gasteiger partial charge in [0.15, 0.2) is 0 Å². The first kappa shape index (κ1) is 13.0. The number of hydrogen-bond donors (Lipinski definition) is 1. The molecule has 1 rings (SSSR count). The highest BCUT2D eigenvalue weighted by atomic mass is 15.2. The molecule has 0 aromatic carbocycles. The molecule has 1 fully saturated rings. The molecule has 1 saturated carbocycles. The van der Waals surface area contributed by atoms with Gasteiger partial charge in [0.1, 0.15) is 0 Å². The van der Waals surface area contributed by atoms with Gasteiger partial charge < -0.3 is 5.32 Å².